The summed E-state index contributed by atoms with van der Waals surface area (Å²) in [5.41, 5.74) is 1.78. The Morgan fingerprint density at radius 3 is 2.42 bits per heavy atom. The zero-order chi connectivity index (χ0) is 21.6. The van der Waals surface area contributed by atoms with Gasteiger partial charge in [0.1, 0.15) is 18.5 Å². The van der Waals surface area contributed by atoms with E-state index in [4.69, 9.17) is 9.47 Å². The minimum absolute atomic E-state index is 0.0242. The molecule has 0 spiro atoms. The third-order valence-electron chi connectivity index (χ3n) is 5.03. The quantitative estimate of drug-likeness (QED) is 0.705. The Balaban J connectivity index is 1.23. The number of carbonyl (C=O) groups excluding carboxylic acids is 3. The van der Waals surface area contributed by atoms with Crippen LogP contribution in [-0.2, 0) is 16.1 Å². The van der Waals surface area contributed by atoms with E-state index in [2.05, 4.69) is 5.32 Å². The number of piperidine rings is 1. The van der Waals surface area contributed by atoms with Gasteiger partial charge in [-0.15, -0.1) is 0 Å². The van der Waals surface area contributed by atoms with E-state index in [0.717, 1.165) is 41.5 Å². The molecule has 2 aromatic rings. The Labute approximate surface area is 184 Å². The molecule has 2 aliphatic rings. The average molecular weight is 439 g/mol. The van der Waals surface area contributed by atoms with Gasteiger partial charge in [0.15, 0.2) is 0 Å². The second-order valence-corrected chi connectivity index (χ2v) is 8.28. The number of benzene rings is 2. The number of likely N-dealkylation sites (tertiary alicyclic amines) is 1. The first kappa shape index (κ1) is 21.0. The lowest BCUT2D eigenvalue weighted by Gasteiger charge is -2.31. The second-order valence-electron chi connectivity index (χ2n) is 7.27. The first-order valence-corrected chi connectivity index (χ1v) is 10.9. The molecule has 0 radical (unpaired) electrons. The van der Waals surface area contributed by atoms with E-state index < -0.39 is 0 Å². The topological polar surface area (TPSA) is 84.9 Å². The summed E-state index contributed by atoms with van der Waals surface area (Å²) in [6.07, 6.45) is 2.85. The summed E-state index contributed by atoms with van der Waals surface area (Å²) in [7, 11) is 0. The van der Waals surface area contributed by atoms with Crippen molar-refractivity contribution in [3.05, 3.63) is 70.6 Å². The first-order valence-electron chi connectivity index (χ1n) is 10.0. The number of ether oxygens (including phenoxy) is 2. The van der Waals surface area contributed by atoms with Crippen LogP contribution in [0, 0.1) is 0 Å². The number of nitrogens with zero attached hydrogens (tertiary/aromatic N) is 1. The van der Waals surface area contributed by atoms with Gasteiger partial charge >= 0.3 is 6.09 Å². The van der Waals surface area contributed by atoms with Crippen molar-refractivity contribution in [2.24, 2.45) is 0 Å². The standard InChI is InChI=1S/C23H22N2O5S/c26-21-20(31-22(27)24-21)14-16-6-8-18(9-7-16)30-19-10-12-25(13-11-19)23(28)29-15-17-4-2-1-3-5-17/h1-9,14,19H,10-13,15H2,(H,24,26,27)/b20-14-. The fourth-order valence-corrected chi connectivity index (χ4v) is 4.06. The van der Waals surface area contributed by atoms with Gasteiger partial charge in [-0.25, -0.2) is 4.79 Å². The van der Waals surface area contributed by atoms with Gasteiger partial charge in [-0.2, -0.15) is 0 Å². The van der Waals surface area contributed by atoms with Crippen molar-refractivity contribution in [1.82, 2.24) is 10.2 Å². The summed E-state index contributed by atoms with van der Waals surface area (Å²) < 4.78 is 11.4. The molecule has 0 aliphatic carbocycles. The van der Waals surface area contributed by atoms with E-state index in [1.807, 2.05) is 54.6 Å². The summed E-state index contributed by atoms with van der Waals surface area (Å²) in [6, 6.07) is 17.0. The van der Waals surface area contributed by atoms with E-state index >= 15 is 0 Å². The lowest BCUT2D eigenvalue weighted by atomic mass is 10.1. The summed E-state index contributed by atoms with van der Waals surface area (Å²) in [5.74, 6) is 0.358. The van der Waals surface area contributed by atoms with Crippen LogP contribution in [0.5, 0.6) is 5.75 Å². The summed E-state index contributed by atoms with van der Waals surface area (Å²) in [5, 5.41) is 1.88. The van der Waals surface area contributed by atoms with E-state index in [9.17, 15) is 14.4 Å². The molecule has 2 aliphatic heterocycles. The zero-order valence-corrected chi connectivity index (χ0v) is 17.6. The normalized spacial score (nSPS) is 18.2. The first-order chi connectivity index (χ1) is 15.1. The summed E-state index contributed by atoms with van der Waals surface area (Å²) >= 11 is 0.894. The third kappa shape index (κ3) is 5.67. The van der Waals surface area contributed by atoms with Crippen LogP contribution in [0.4, 0.5) is 9.59 Å². The number of thioether (sulfide) groups is 1. The Morgan fingerprint density at radius 2 is 1.77 bits per heavy atom. The van der Waals surface area contributed by atoms with Gasteiger partial charge in [-0.05, 0) is 41.1 Å². The molecule has 2 heterocycles. The number of hydrogen-bond acceptors (Lipinski definition) is 6. The van der Waals surface area contributed by atoms with Gasteiger partial charge in [-0.3, -0.25) is 14.9 Å². The Morgan fingerprint density at radius 1 is 1.06 bits per heavy atom. The average Bonchev–Trinajstić information content (AvgIpc) is 3.11. The van der Waals surface area contributed by atoms with Crippen molar-refractivity contribution in [2.45, 2.75) is 25.6 Å². The minimum Gasteiger partial charge on any atom is -0.490 e. The van der Waals surface area contributed by atoms with Gasteiger partial charge in [0.05, 0.1) is 4.91 Å². The zero-order valence-electron chi connectivity index (χ0n) is 16.8. The third-order valence-corrected chi connectivity index (χ3v) is 5.84. The molecule has 7 nitrogen and oxygen atoms in total. The van der Waals surface area contributed by atoms with Crippen LogP contribution in [0.2, 0.25) is 0 Å². The molecule has 160 valence electrons. The highest BCUT2D eigenvalue weighted by Gasteiger charge is 2.26. The molecule has 2 fully saturated rings. The van der Waals surface area contributed by atoms with Crippen LogP contribution < -0.4 is 10.1 Å². The van der Waals surface area contributed by atoms with Gasteiger partial charge in [0, 0.05) is 25.9 Å². The molecule has 0 unspecified atom stereocenters. The Hall–Kier alpha value is -3.26. The minimum atomic E-state index is -0.371. The monoisotopic (exact) mass is 438 g/mol. The molecule has 0 aromatic heterocycles. The highest BCUT2D eigenvalue weighted by atomic mass is 32.2. The molecular formula is C23H22N2O5S. The fourth-order valence-electron chi connectivity index (χ4n) is 3.37. The second kappa shape index (κ2) is 9.70. The molecule has 0 atom stereocenters. The Kier molecular flexibility index (Phi) is 6.57. The van der Waals surface area contributed by atoms with Crippen molar-refractivity contribution in [1.29, 1.82) is 0 Å². The number of nitrogens with one attached hydrogen (secondary N) is 1. The molecule has 0 bridgehead atoms. The predicted octanol–water partition coefficient (Wildman–Crippen LogP) is 4.19. The maximum absolute atomic E-state index is 12.3. The maximum Gasteiger partial charge on any atom is 0.410 e. The number of imide groups is 1. The highest BCUT2D eigenvalue weighted by Crippen LogP contribution is 2.26. The molecule has 2 saturated heterocycles. The lowest BCUT2D eigenvalue weighted by Crippen LogP contribution is -2.42. The van der Waals surface area contributed by atoms with Gasteiger partial charge in [0.2, 0.25) is 0 Å². The summed E-state index contributed by atoms with van der Waals surface area (Å²) in [4.78, 5) is 37.2. The largest absolute Gasteiger partial charge is 0.490 e. The number of hydrogen-bond donors (Lipinski definition) is 1. The van der Waals surface area contributed by atoms with E-state index in [1.165, 1.54) is 0 Å². The number of amides is 3. The smallest absolute Gasteiger partial charge is 0.410 e. The molecule has 3 amide bonds. The van der Waals surface area contributed by atoms with Gasteiger partial charge in [-0.1, -0.05) is 42.5 Å². The van der Waals surface area contributed by atoms with Crippen molar-refractivity contribution in [3.63, 3.8) is 0 Å². The van der Waals surface area contributed by atoms with Crippen LogP contribution in [0.15, 0.2) is 59.5 Å². The van der Waals surface area contributed by atoms with Crippen molar-refractivity contribution in [3.8, 4) is 5.75 Å². The molecule has 0 saturated carbocycles. The van der Waals surface area contributed by atoms with Crippen molar-refractivity contribution >= 4 is 35.1 Å². The molecule has 8 heteroatoms. The fraction of sp³-hybridized carbons (Fsp3) is 0.261. The van der Waals surface area contributed by atoms with Crippen LogP contribution in [0.25, 0.3) is 6.08 Å². The summed E-state index contributed by atoms with van der Waals surface area (Å²) in [6.45, 7) is 1.44. The molecule has 2 aromatic carbocycles. The van der Waals surface area contributed by atoms with E-state index in [-0.39, 0.29) is 30.0 Å². The lowest BCUT2D eigenvalue weighted by molar-refractivity contribution is -0.115. The van der Waals surface area contributed by atoms with E-state index in [0.29, 0.717) is 18.0 Å². The van der Waals surface area contributed by atoms with Crippen LogP contribution in [-0.4, -0.2) is 41.3 Å². The highest BCUT2D eigenvalue weighted by molar-refractivity contribution is 8.18. The number of rotatable bonds is 5. The number of carbonyl (C=O) groups is 3. The van der Waals surface area contributed by atoms with E-state index in [1.54, 1.807) is 11.0 Å². The SMILES string of the molecule is O=C1NC(=O)/C(=C/c2ccc(OC3CCN(C(=O)OCc4ccccc4)CC3)cc2)S1. The van der Waals surface area contributed by atoms with Crippen molar-refractivity contribution < 1.29 is 23.9 Å². The molecule has 4 rings (SSSR count). The molecular weight excluding hydrogens is 416 g/mol. The van der Waals surface area contributed by atoms with Crippen LogP contribution in [0.3, 0.4) is 0 Å². The van der Waals surface area contributed by atoms with Crippen LogP contribution >= 0.6 is 11.8 Å². The van der Waals surface area contributed by atoms with Crippen molar-refractivity contribution in [2.75, 3.05) is 13.1 Å². The van der Waals surface area contributed by atoms with Crippen LogP contribution in [0.1, 0.15) is 24.0 Å². The maximum atomic E-state index is 12.3. The molecule has 1 N–H and O–H groups in total. The predicted molar refractivity (Wildman–Crippen MR) is 117 cm³/mol. The van der Waals surface area contributed by atoms with Gasteiger partial charge < -0.3 is 14.4 Å². The van der Waals surface area contributed by atoms with Gasteiger partial charge in [0.25, 0.3) is 11.1 Å². The Bertz CT molecular complexity index is 983. The molecule has 31 heavy (non-hydrogen) atoms.